The Kier molecular flexibility index (Phi) is 4.66. The average molecular weight is 222 g/mol. The molecule has 3 N–H and O–H groups in total. The molecule has 0 atom stereocenters. The number of benzene rings is 1. The lowest BCUT2D eigenvalue weighted by Gasteiger charge is -2.03. The minimum absolute atomic E-state index is 0.0945. The number of hydrogen-bond acceptors (Lipinski definition) is 2. The van der Waals surface area contributed by atoms with Crippen LogP contribution in [0.15, 0.2) is 24.3 Å². The molecule has 0 aliphatic rings. The predicted molar refractivity (Wildman–Crippen MR) is 62.0 cm³/mol. The number of amides is 1. The Bertz CT molecular complexity index is 402. The summed E-state index contributed by atoms with van der Waals surface area (Å²) in [6.45, 7) is 2.23. The number of halogens is 1. The SMILES string of the molecule is CC(=O)NCC=Cc1cc(F)ccc1CN. The van der Waals surface area contributed by atoms with Crippen molar-refractivity contribution in [2.75, 3.05) is 6.54 Å². The van der Waals surface area contributed by atoms with Gasteiger partial charge in [-0.3, -0.25) is 4.79 Å². The number of nitrogens with one attached hydrogen (secondary N) is 1. The van der Waals surface area contributed by atoms with E-state index in [9.17, 15) is 9.18 Å². The maximum absolute atomic E-state index is 13.0. The molecule has 0 saturated heterocycles. The van der Waals surface area contributed by atoms with E-state index in [4.69, 9.17) is 5.73 Å². The summed E-state index contributed by atoms with van der Waals surface area (Å²) >= 11 is 0. The molecule has 0 fully saturated rings. The van der Waals surface area contributed by atoms with E-state index in [2.05, 4.69) is 5.32 Å². The summed E-state index contributed by atoms with van der Waals surface area (Å²) in [6.07, 6.45) is 3.51. The first-order valence-electron chi connectivity index (χ1n) is 5.03. The van der Waals surface area contributed by atoms with E-state index < -0.39 is 0 Å². The van der Waals surface area contributed by atoms with E-state index in [0.717, 1.165) is 11.1 Å². The molecule has 0 aliphatic heterocycles. The minimum atomic E-state index is -0.295. The van der Waals surface area contributed by atoms with Crippen molar-refractivity contribution in [1.29, 1.82) is 0 Å². The van der Waals surface area contributed by atoms with Crippen LogP contribution in [0, 0.1) is 5.82 Å². The molecule has 0 bridgehead atoms. The van der Waals surface area contributed by atoms with Crippen molar-refractivity contribution >= 4 is 12.0 Å². The summed E-state index contributed by atoms with van der Waals surface area (Å²) in [4.78, 5) is 10.6. The van der Waals surface area contributed by atoms with Crippen LogP contribution in [0.25, 0.3) is 6.08 Å². The normalized spacial score (nSPS) is 10.7. The zero-order chi connectivity index (χ0) is 12.0. The van der Waals surface area contributed by atoms with Gasteiger partial charge < -0.3 is 11.1 Å². The fourth-order valence-corrected chi connectivity index (χ4v) is 1.30. The summed E-state index contributed by atoms with van der Waals surface area (Å²) in [7, 11) is 0. The van der Waals surface area contributed by atoms with Crippen molar-refractivity contribution in [3.63, 3.8) is 0 Å². The summed E-state index contributed by atoms with van der Waals surface area (Å²) < 4.78 is 13.0. The molecule has 0 heterocycles. The molecule has 0 unspecified atom stereocenters. The molecule has 0 aromatic heterocycles. The monoisotopic (exact) mass is 222 g/mol. The van der Waals surface area contributed by atoms with Gasteiger partial charge in [-0.2, -0.15) is 0 Å². The Morgan fingerprint density at radius 3 is 2.94 bits per heavy atom. The van der Waals surface area contributed by atoms with Gasteiger partial charge in [0.1, 0.15) is 5.82 Å². The van der Waals surface area contributed by atoms with Crippen molar-refractivity contribution in [2.24, 2.45) is 5.73 Å². The van der Waals surface area contributed by atoms with Crippen LogP contribution in [0.5, 0.6) is 0 Å². The smallest absolute Gasteiger partial charge is 0.217 e. The molecule has 4 heteroatoms. The van der Waals surface area contributed by atoms with E-state index in [0.29, 0.717) is 13.1 Å². The van der Waals surface area contributed by atoms with E-state index >= 15 is 0 Å². The van der Waals surface area contributed by atoms with Gasteiger partial charge in [0.2, 0.25) is 5.91 Å². The number of nitrogens with two attached hydrogens (primary N) is 1. The van der Waals surface area contributed by atoms with Crippen LogP contribution >= 0.6 is 0 Å². The van der Waals surface area contributed by atoms with Crippen molar-refractivity contribution in [1.82, 2.24) is 5.32 Å². The Morgan fingerprint density at radius 1 is 1.56 bits per heavy atom. The first-order chi connectivity index (χ1) is 7.63. The van der Waals surface area contributed by atoms with Crippen LogP contribution in [0.2, 0.25) is 0 Å². The molecular weight excluding hydrogens is 207 g/mol. The van der Waals surface area contributed by atoms with Crippen molar-refractivity contribution in [2.45, 2.75) is 13.5 Å². The van der Waals surface area contributed by atoms with Crippen LogP contribution in [0.1, 0.15) is 18.1 Å². The molecule has 0 spiro atoms. The molecule has 1 amide bonds. The average Bonchev–Trinajstić information content (AvgIpc) is 2.24. The highest BCUT2D eigenvalue weighted by Gasteiger charge is 1.99. The maximum atomic E-state index is 13.0. The molecule has 1 aromatic rings. The number of carbonyl (C=O) groups is 1. The second kappa shape index (κ2) is 6.02. The summed E-state index contributed by atoms with van der Waals surface area (Å²) in [5.41, 5.74) is 7.15. The molecule has 0 saturated carbocycles. The summed E-state index contributed by atoms with van der Waals surface area (Å²) in [5.74, 6) is -0.390. The van der Waals surface area contributed by atoms with Gasteiger partial charge in [-0.15, -0.1) is 0 Å². The van der Waals surface area contributed by atoms with Crippen LogP contribution in [-0.2, 0) is 11.3 Å². The molecular formula is C12H15FN2O. The lowest BCUT2D eigenvalue weighted by molar-refractivity contribution is -0.118. The van der Waals surface area contributed by atoms with E-state index in [1.807, 2.05) is 0 Å². The number of rotatable bonds is 4. The zero-order valence-electron chi connectivity index (χ0n) is 9.16. The Labute approximate surface area is 94.1 Å². The molecule has 1 rings (SSSR count). The topological polar surface area (TPSA) is 55.1 Å². The van der Waals surface area contributed by atoms with Gasteiger partial charge in [0.25, 0.3) is 0 Å². The highest BCUT2D eigenvalue weighted by molar-refractivity contribution is 5.73. The number of hydrogen-bond donors (Lipinski definition) is 2. The Morgan fingerprint density at radius 2 is 2.31 bits per heavy atom. The molecule has 0 aliphatic carbocycles. The summed E-state index contributed by atoms with van der Waals surface area (Å²) in [5, 5.41) is 2.62. The lowest BCUT2D eigenvalue weighted by atomic mass is 10.1. The third-order valence-electron chi connectivity index (χ3n) is 2.09. The molecule has 1 aromatic carbocycles. The molecule has 3 nitrogen and oxygen atoms in total. The van der Waals surface area contributed by atoms with E-state index in [-0.39, 0.29) is 11.7 Å². The maximum Gasteiger partial charge on any atom is 0.217 e. The predicted octanol–water partition coefficient (Wildman–Crippen LogP) is 1.43. The first-order valence-corrected chi connectivity index (χ1v) is 5.03. The molecule has 86 valence electrons. The standard InChI is InChI=1S/C12H15FN2O/c1-9(16)15-6-2-3-10-7-12(13)5-4-11(10)8-14/h2-5,7H,6,8,14H2,1H3,(H,15,16). The minimum Gasteiger partial charge on any atom is -0.353 e. The quantitative estimate of drug-likeness (QED) is 0.809. The fourth-order valence-electron chi connectivity index (χ4n) is 1.30. The van der Waals surface area contributed by atoms with E-state index in [1.54, 1.807) is 18.2 Å². The van der Waals surface area contributed by atoms with Gasteiger partial charge in [0, 0.05) is 20.0 Å². The van der Waals surface area contributed by atoms with Gasteiger partial charge in [0.15, 0.2) is 0 Å². The van der Waals surface area contributed by atoms with Crippen molar-refractivity contribution in [3.8, 4) is 0 Å². The van der Waals surface area contributed by atoms with Gasteiger partial charge in [-0.05, 0) is 23.3 Å². The second-order valence-corrected chi connectivity index (χ2v) is 3.39. The van der Waals surface area contributed by atoms with Crippen molar-refractivity contribution < 1.29 is 9.18 Å². The Balaban J connectivity index is 2.71. The van der Waals surface area contributed by atoms with Gasteiger partial charge in [0.05, 0.1) is 0 Å². The van der Waals surface area contributed by atoms with Crippen molar-refractivity contribution in [3.05, 3.63) is 41.2 Å². The number of carbonyl (C=O) groups excluding carboxylic acids is 1. The molecule has 16 heavy (non-hydrogen) atoms. The third kappa shape index (κ3) is 3.82. The van der Waals surface area contributed by atoms with Crippen LogP contribution in [-0.4, -0.2) is 12.5 Å². The van der Waals surface area contributed by atoms with E-state index in [1.165, 1.54) is 19.1 Å². The molecule has 0 radical (unpaired) electrons. The van der Waals surface area contributed by atoms with Crippen LogP contribution in [0.3, 0.4) is 0 Å². The van der Waals surface area contributed by atoms with Gasteiger partial charge in [-0.25, -0.2) is 4.39 Å². The fraction of sp³-hybridized carbons (Fsp3) is 0.250. The second-order valence-electron chi connectivity index (χ2n) is 3.39. The van der Waals surface area contributed by atoms with Crippen LogP contribution < -0.4 is 11.1 Å². The van der Waals surface area contributed by atoms with Gasteiger partial charge in [-0.1, -0.05) is 18.2 Å². The lowest BCUT2D eigenvalue weighted by Crippen LogP contribution is -2.19. The Hall–Kier alpha value is -1.68. The largest absolute Gasteiger partial charge is 0.353 e. The third-order valence-corrected chi connectivity index (χ3v) is 2.09. The summed E-state index contributed by atoms with van der Waals surface area (Å²) in [6, 6.07) is 4.47. The first kappa shape index (κ1) is 12.4. The zero-order valence-corrected chi connectivity index (χ0v) is 9.16. The van der Waals surface area contributed by atoms with Gasteiger partial charge >= 0.3 is 0 Å². The highest BCUT2D eigenvalue weighted by atomic mass is 19.1. The van der Waals surface area contributed by atoms with Crippen LogP contribution in [0.4, 0.5) is 4.39 Å². The highest BCUT2D eigenvalue weighted by Crippen LogP contribution is 2.12.